The van der Waals surface area contributed by atoms with Crippen molar-refractivity contribution in [2.75, 3.05) is 0 Å². The maximum Gasteiger partial charge on any atom is 0.135 e. The molecule has 0 bridgehead atoms. The first-order chi connectivity index (χ1) is 21.3. The van der Waals surface area contributed by atoms with Crippen LogP contribution >= 0.6 is 0 Å². The van der Waals surface area contributed by atoms with Crippen LogP contribution in [0.4, 0.5) is 0 Å². The Morgan fingerprint density at radius 1 is 0.622 bits per heavy atom. The van der Waals surface area contributed by atoms with Crippen molar-refractivity contribution < 1.29 is 14.0 Å². The first-order valence-electron chi connectivity index (χ1n) is 15.5. The van der Waals surface area contributed by atoms with Crippen molar-refractivity contribution in [3.05, 3.63) is 115 Å². The van der Waals surface area contributed by atoms with Gasteiger partial charge in [0, 0.05) is 49.0 Å². The van der Waals surface area contributed by atoms with Crippen LogP contribution in [-0.4, -0.2) is 9.55 Å². The molecule has 0 radical (unpaired) electrons. The summed E-state index contributed by atoms with van der Waals surface area (Å²) in [7, 11) is 0. The minimum absolute atomic E-state index is 0.0370. The number of rotatable bonds is 1. The van der Waals surface area contributed by atoms with Crippen LogP contribution in [0.1, 0.15) is 9.60 Å². The summed E-state index contributed by atoms with van der Waals surface area (Å²) in [4.78, 5) is 3.50. The number of furan rings is 1. The molecule has 172 valence electrons. The van der Waals surface area contributed by atoms with Crippen molar-refractivity contribution in [2.45, 2.75) is 0 Å². The van der Waals surface area contributed by atoms with E-state index in [2.05, 4.69) is 23.2 Å². The third kappa shape index (κ3) is 2.50. The van der Waals surface area contributed by atoms with E-state index >= 15 is 0 Å². The minimum atomic E-state index is -0.456. The fourth-order valence-electron chi connectivity index (χ4n) is 5.78. The van der Waals surface area contributed by atoms with Crippen LogP contribution in [0.5, 0.6) is 0 Å². The minimum Gasteiger partial charge on any atom is -0.456 e. The number of aromatic amines is 1. The van der Waals surface area contributed by atoms with Gasteiger partial charge in [0.2, 0.25) is 0 Å². The second-order valence-electron chi connectivity index (χ2n) is 9.34. The lowest BCUT2D eigenvalue weighted by atomic mass is 10.0. The summed E-state index contributed by atoms with van der Waals surface area (Å²) >= 11 is 0. The molecule has 0 saturated carbocycles. The fraction of sp³-hybridized carbons (Fsp3) is 0. The number of nitrogens with zero attached hydrogens (tertiary/aromatic N) is 1. The summed E-state index contributed by atoms with van der Waals surface area (Å²) in [5.74, 6) is 0. The molecule has 0 fully saturated rings. The lowest BCUT2D eigenvalue weighted by Crippen LogP contribution is -1.93. The molecule has 3 heteroatoms. The van der Waals surface area contributed by atoms with E-state index in [9.17, 15) is 1.37 Å². The standard InChI is InChI=1S/C34H20N2O/c1-2-8-22-20(7-1)13-15-30-34(22)27-18-25-23-9-3-5-11-28(23)35-29(25)19-31(27)36(30)21-14-16-33-26(17-21)24-10-4-6-12-32(24)37-33/h1-19,35H/i4D,6D,10D,12D,14D,16D,17D. The average molecular weight is 480 g/mol. The highest BCUT2D eigenvalue weighted by molar-refractivity contribution is 6.25. The molecule has 0 aliphatic carbocycles. The Labute approximate surface area is 221 Å². The lowest BCUT2D eigenvalue weighted by molar-refractivity contribution is 0.669. The maximum absolute atomic E-state index is 9.46. The monoisotopic (exact) mass is 479 g/mol. The van der Waals surface area contributed by atoms with Gasteiger partial charge in [0.1, 0.15) is 11.2 Å². The van der Waals surface area contributed by atoms with Gasteiger partial charge in [0.25, 0.3) is 0 Å². The highest BCUT2D eigenvalue weighted by atomic mass is 16.3. The first kappa shape index (κ1) is 13.9. The van der Waals surface area contributed by atoms with Gasteiger partial charge in [-0.15, -0.1) is 0 Å². The van der Waals surface area contributed by atoms with Crippen LogP contribution in [-0.2, 0) is 0 Å². The molecule has 9 aromatic rings. The van der Waals surface area contributed by atoms with Crippen LogP contribution < -0.4 is 0 Å². The first-order valence-corrected chi connectivity index (χ1v) is 12.0. The van der Waals surface area contributed by atoms with E-state index in [0.717, 1.165) is 54.4 Å². The van der Waals surface area contributed by atoms with Crippen molar-refractivity contribution in [2.24, 2.45) is 0 Å². The van der Waals surface area contributed by atoms with E-state index in [-0.39, 0.29) is 57.8 Å². The van der Waals surface area contributed by atoms with E-state index in [0.29, 0.717) is 0 Å². The van der Waals surface area contributed by atoms with E-state index in [1.54, 1.807) is 0 Å². The molecule has 37 heavy (non-hydrogen) atoms. The predicted molar refractivity (Wildman–Crippen MR) is 155 cm³/mol. The Morgan fingerprint density at radius 2 is 1.46 bits per heavy atom. The van der Waals surface area contributed by atoms with Crippen molar-refractivity contribution >= 4 is 76.3 Å². The zero-order valence-electron chi connectivity index (χ0n) is 26.3. The number of aromatic nitrogens is 2. The Morgan fingerprint density at radius 3 is 2.43 bits per heavy atom. The molecule has 3 heterocycles. The van der Waals surface area contributed by atoms with Crippen molar-refractivity contribution in [1.29, 1.82) is 0 Å². The molecule has 0 saturated heterocycles. The summed E-state index contributed by atoms with van der Waals surface area (Å²) in [5.41, 5.74) is 3.29. The Bertz CT molecular complexity index is 2750. The maximum atomic E-state index is 9.46. The Hall–Kier alpha value is -5.02. The number of hydrogen-bond acceptors (Lipinski definition) is 1. The van der Waals surface area contributed by atoms with E-state index < -0.39 is 12.1 Å². The number of fused-ring (bicyclic) bond motifs is 11. The zero-order chi connectivity index (χ0) is 30.2. The van der Waals surface area contributed by atoms with Gasteiger partial charge in [-0.25, -0.2) is 0 Å². The van der Waals surface area contributed by atoms with Crippen molar-refractivity contribution in [3.63, 3.8) is 0 Å². The molecular formula is C34H20N2O. The molecule has 3 nitrogen and oxygen atoms in total. The molecule has 3 aromatic heterocycles. The summed E-state index contributed by atoms with van der Waals surface area (Å²) in [6, 6.07) is 22.0. The van der Waals surface area contributed by atoms with Crippen LogP contribution in [0.2, 0.25) is 0 Å². The van der Waals surface area contributed by atoms with Crippen LogP contribution in [0.15, 0.2) is 120 Å². The summed E-state index contributed by atoms with van der Waals surface area (Å²) in [6.07, 6.45) is 0. The summed E-state index contributed by atoms with van der Waals surface area (Å²) < 4.78 is 68.7. The molecule has 6 aromatic carbocycles. The third-order valence-electron chi connectivity index (χ3n) is 7.38. The molecule has 0 aliphatic rings. The van der Waals surface area contributed by atoms with Crippen LogP contribution in [0.3, 0.4) is 0 Å². The van der Waals surface area contributed by atoms with Crippen LogP contribution in [0, 0.1) is 0 Å². The smallest absolute Gasteiger partial charge is 0.135 e. The Balaban J connectivity index is 1.53. The highest BCUT2D eigenvalue weighted by Crippen LogP contribution is 2.41. The van der Waals surface area contributed by atoms with Gasteiger partial charge in [-0.1, -0.05) is 66.7 Å². The molecule has 9 rings (SSSR count). The normalized spacial score (nSPS) is 15.0. The number of para-hydroxylation sites is 2. The number of hydrogen-bond donors (Lipinski definition) is 1. The van der Waals surface area contributed by atoms with Gasteiger partial charge in [0.15, 0.2) is 0 Å². The van der Waals surface area contributed by atoms with Gasteiger partial charge in [-0.2, -0.15) is 0 Å². The molecule has 0 spiro atoms. The summed E-state index contributed by atoms with van der Waals surface area (Å²) in [5, 5.41) is 6.20. The van der Waals surface area contributed by atoms with Gasteiger partial charge in [-0.05, 0) is 59.2 Å². The van der Waals surface area contributed by atoms with Gasteiger partial charge in [0.05, 0.1) is 20.6 Å². The number of benzene rings is 6. The molecule has 0 amide bonds. The number of nitrogens with one attached hydrogen (secondary N) is 1. The SMILES string of the molecule is [2H]c1c([2H])c([2H])c2c(oc3c([2H])c([2H])c(-n4c5cc6[nH]c7ccccc7c6cc5c5c6ccccc6ccc54)c([2H])c32)c1[2H]. The van der Waals surface area contributed by atoms with Crippen molar-refractivity contribution in [3.8, 4) is 5.69 Å². The zero-order valence-corrected chi connectivity index (χ0v) is 19.3. The Kier molecular flexibility index (Phi) is 2.56. The molecule has 0 unspecified atom stereocenters. The summed E-state index contributed by atoms with van der Waals surface area (Å²) in [6.45, 7) is 0. The second kappa shape index (κ2) is 6.80. The van der Waals surface area contributed by atoms with E-state index in [4.69, 9.17) is 12.6 Å². The molecule has 0 atom stereocenters. The van der Waals surface area contributed by atoms with E-state index in [1.807, 2.05) is 59.2 Å². The van der Waals surface area contributed by atoms with Gasteiger partial charge < -0.3 is 14.0 Å². The lowest BCUT2D eigenvalue weighted by Gasteiger charge is -2.09. The molecule has 1 N–H and O–H groups in total. The molecular weight excluding hydrogens is 452 g/mol. The van der Waals surface area contributed by atoms with Crippen molar-refractivity contribution in [1.82, 2.24) is 9.55 Å². The van der Waals surface area contributed by atoms with Gasteiger partial charge >= 0.3 is 0 Å². The average Bonchev–Trinajstić information content (AvgIpc) is 3.71. The topological polar surface area (TPSA) is 33.9 Å². The molecule has 0 aliphatic heterocycles. The van der Waals surface area contributed by atoms with Crippen LogP contribution in [0.25, 0.3) is 82.0 Å². The van der Waals surface area contributed by atoms with E-state index in [1.165, 1.54) is 0 Å². The number of H-pyrrole nitrogens is 1. The largest absolute Gasteiger partial charge is 0.456 e. The second-order valence-corrected chi connectivity index (χ2v) is 9.34. The predicted octanol–water partition coefficient (Wildman–Crippen LogP) is 9.47. The van der Waals surface area contributed by atoms with Gasteiger partial charge in [-0.3, -0.25) is 0 Å². The third-order valence-corrected chi connectivity index (χ3v) is 7.38. The highest BCUT2D eigenvalue weighted by Gasteiger charge is 2.18. The quantitative estimate of drug-likeness (QED) is 0.250. The fourth-order valence-corrected chi connectivity index (χ4v) is 5.78.